The van der Waals surface area contributed by atoms with E-state index in [9.17, 15) is 19.3 Å². The molecule has 0 radical (unpaired) electrons. The third kappa shape index (κ3) is 3.34. The number of carbonyl (C=O) groups is 1. The summed E-state index contributed by atoms with van der Waals surface area (Å²) in [5, 5.41) is 16.7. The van der Waals surface area contributed by atoms with Gasteiger partial charge in [0.05, 0.1) is 9.95 Å². The van der Waals surface area contributed by atoms with Crippen LogP contribution in [0.5, 0.6) is 0 Å². The predicted molar refractivity (Wildman–Crippen MR) is 73.6 cm³/mol. The van der Waals surface area contributed by atoms with E-state index in [-0.39, 0.29) is 10.7 Å². The summed E-state index contributed by atoms with van der Waals surface area (Å²) < 4.78 is 14.2. The van der Waals surface area contributed by atoms with Crippen LogP contribution in [0.1, 0.15) is 13.0 Å². The van der Waals surface area contributed by atoms with Crippen molar-refractivity contribution in [1.82, 2.24) is 9.78 Å². The average Bonchev–Trinajstić information content (AvgIpc) is 2.92. The lowest BCUT2D eigenvalue weighted by molar-refractivity contribution is -0.385. The molecule has 0 saturated heterocycles. The standard InChI is InChI=1S/C12H10ClFN4O3/c1-7(17-6-9(5-15-17)18(20)21)12(19)16-8-2-3-11(14)10(13)4-8/h2-7H,1H3,(H,16,19). The number of nitro groups is 1. The highest BCUT2D eigenvalue weighted by Crippen LogP contribution is 2.20. The van der Waals surface area contributed by atoms with Crippen LogP contribution in [-0.2, 0) is 4.79 Å². The zero-order chi connectivity index (χ0) is 15.6. The van der Waals surface area contributed by atoms with E-state index >= 15 is 0 Å². The van der Waals surface area contributed by atoms with Gasteiger partial charge in [-0.05, 0) is 25.1 Å². The fourth-order valence-electron chi connectivity index (χ4n) is 1.57. The molecular formula is C12H10ClFN4O3. The molecule has 9 heteroatoms. The molecular weight excluding hydrogens is 303 g/mol. The third-order valence-corrected chi connectivity index (χ3v) is 3.05. The Morgan fingerprint density at radius 1 is 1.57 bits per heavy atom. The van der Waals surface area contributed by atoms with E-state index < -0.39 is 22.7 Å². The lowest BCUT2D eigenvalue weighted by Crippen LogP contribution is -2.24. The zero-order valence-electron chi connectivity index (χ0n) is 10.8. The molecule has 110 valence electrons. The van der Waals surface area contributed by atoms with Crippen LogP contribution in [-0.4, -0.2) is 20.6 Å². The van der Waals surface area contributed by atoms with Crippen molar-refractivity contribution in [2.45, 2.75) is 13.0 Å². The number of hydrogen-bond donors (Lipinski definition) is 1. The number of nitrogens with zero attached hydrogens (tertiary/aromatic N) is 3. The molecule has 1 amide bonds. The molecule has 0 aliphatic carbocycles. The first-order chi connectivity index (χ1) is 9.88. The van der Waals surface area contributed by atoms with Crippen molar-refractivity contribution in [2.24, 2.45) is 0 Å². The Morgan fingerprint density at radius 2 is 2.29 bits per heavy atom. The smallest absolute Gasteiger partial charge is 0.307 e. The monoisotopic (exact) mass is 312 g/mol. The summed E-state index contributed by atoms with van der Waals surface area (Å²) in [7, 11) is 0. The first-order valence-corrected chi connectivity index (χ1v) is 6.20. The van der Waals surface area contributed by atoms with Crippen molar-refractivity contribution in [1.29, 1.82) is 0 Å². The van der Waals surface area contributed by atoms with E-state index in [0.717, 1.165) is 18.5 Å². The Morgan fingerprint density at radius 3 is 2.86 bits per heavy atom. The number of rotatable bonds is 4. The maximum Gasteiger partial charge on any atom is 0.307 e. The van der Waals surface area contributed by atoms with Gasteiger partial charge in [-0.3, -0.25) is 19.6 Å². The SMILES string of the molecule is CC(C(=O)Nc1ccc(F)c(Cl)c1)n1cc([N+](=O)[O-])cn1. The number of anilines is 1. The molecule has 1 atom stereocenters. The van der Waals surface area contributed by atoms with Gasteiger partial charge in [-0.25, -0.2) is 4.39 Å². The molecule has 0 fully saturated rings. The molecule has 0 saturated carbocycles. The summed E-state index contributed by atoms with van der Waals surface area (Å²) >= 11 is 5.61. The number of carbonyl (C=O) groups excluding carboxylic acids is 1. The van der Waals surface area contributed by atoms with Gasteiger partial charge in [0.15, 0.2) is 0 Å². The van der Waals surface area contributed by atoms with E-state index in [2.05, 4.69) is 10.4 Å². The van der Waals surface area contributed by atoms with Crippen molar-refractivity contribution in [3.05, 3.63) is 51.5 Å². The Bertz CT molecular complexity index is 704. The zero-order valence-corrected chi connectivity index (χ0v) is 11.5. The highest BCUT2D eigenvalue weighted by molar-refractivity contribution is 6.31. The molecule has 0 spiro atoms. The van der Waals surface area contributed by atoms with Gasteiger partial charge >= 0.3 is 5.69 Å². The van der Waals surface area contributed by atoms with Crippen molar-refractivity contribution >= 4 is 28.9 Å². The molecule has 1 heterocycles. The van der Waals surface area contributed by atoms with Gasteiger partial charge in [0, 0.05) is 5.69 Å². The summed E-state index contributed by atoms with van der Waals surface area (Å²) in [5.41, 5.74) is 0.111. The lowest BCUT2D eigenvalue weighted by atomic mass is 10.2. The summed E-state index contributed by atoms with van der Waals surface area (Å²) in [6, 6.07) is 2.98. The number of halogens is 2. The minimum Gasteiger partial charge on any atom is -0.324 e. The molecule has 21 heavy (non-hydrogen) atoms. The number of benzene rings is 1. The van der Waals surface area contributed by atoms with Crippen molar-refractivity contribution in [3.63, 3.8) is 0 Å². The molecule has 0 aliphatic rings. The van der Waals surface area contributed by atoms with E-state index in [1.807, 2.05) is 0 Å². The van der Waals surface area contributed by atoms with Crippen LogP contribution in [0.2, 0.25) is 5.02 Å². The Hall–Kier alpha value is -2.48. The molecule has 1 aromatic heterocycles. The molecule has 0 aliphatic heterocycles. The minimum atomic E-state index is -0.775. The third-order valence-electron chi connectivity index (χ3n) is 2.76. The second-order valence-electron chi connectivity index (χ2n) is 4.23. The predicted octanol–water partition coefficient (Wildman–Crippen LogP) is 2.78. The van der Waals surface area contributed by atoms with Gasteiger partial charge in [-0.1, -0.05) is 11.6 Å². The van der Waals surface area contributed by atoms with Crippen molar-refractivity contribution < 1.29 is 14.1 Å². The van der Waals surface area contributed by atoms with E-state index in [4.69, 9.17) is 11.6 Å². The Balaban J connectivity index is 2.11. The average molecular weight is 313 g/mol. The van der Waals surface area contributed by atoms with Crippen molar-refractivity contribution in [3.8, 4) is 0 Å². The normalized spacial score (nSPS) is 12.0. The number of amides is 1. The molecule has 1 unspecified atom stereocenters. The second kappa shape index (κ2) is 5.88. The highest BCUT2D eigenvalue weighted by Gasteiger charge is 2.19. The van der Waals surface area contributed by atoms with E-state index in [1.165, 1.54) is 23.7 Å². The van der Waals surface area contributed by atoms with Gasteiger partial charge in [0.1, 0.15) is 24.3 Å². The van der Waals surface area contributed by atoms with Gasteiger partial charge in [0.25, 0.3) is 0 Å². The fourth-order valence-corrected chi connectivity index (χ4v) is 1.76. The highest BCUT2D eigenvalue weighted by atomic mass is 35.5. The van der Waals surface area contributed by atoms with Crippen LogP contribution in [0.3, 0.4) is 0 Å². The molecule has 7 nitrogen and oxygen atoms in total. The van der Waals surface area contributed by atoms with Crippen LogP contribution in [0.15, 0.2) is 30.6 Å². The summed E-state index contributed by atoms with van der Waals surface area (Å²) in [6.45, 7) is 1.52. The summed E-state index contributed by atoms with van der Waals surface area (Å²) in [4.78, 5) is 22.0. The second-order valence-corrected chi connectivity index (χ2v) is 4.64. The van der Waals surface area contributed by atoms with E-state index in [0.29, 0.717) is 5.69 Å². The summed E-state index contributed by atoms with van der Waals surface area (Å²) in [5.74, 6) is -1.05. The van der Waals surface area contributed by atoms with Gasteiger partial charge < -0.3 is 5.32 Å². The van der Waals surface area contributed by atoms with Crippen LogP contribution in [0.25, 0.3) is 0 Å². The molecule has 1 aromatic carbocycles. The van der Waals surface area contributed by atoms with Gasteiger partial charge in [0.2, 0.25) is 5.91 Å². The Kier molecular flexibility index (Phi) is 4.18. The topological polar surface area (TPSA) is 90.1 Å². The molecule has 0 bridgehead atoms. The number of hydrogen-bond acceptors (Lipinski definition) is 4. The Labute approximate surface area is 123 Å². The minimum absolute atomic E-state index is 0.116. The largest absolute Gasteiger partial charge is 0.324 e. The maximum atomic E-state index is 13.0. The fraction of sp³-hybridized carbons (Fsp3) is 0.167. The number of aromatic nitrogens is 2. The van der Waals surface area contributed by atoms with E-state index in [1.54, 1.807) is 0 Å². The first kappa shape index (κ1) is 14.9. The van der Waals surface area contributed by atoms with Crippen LogP contribution in [0, 0.1) is 15.9 Å². The van der Waals surface area contributed by atoms with Gasteiger partial charge in [-0.2, -0.15) is 5.10 Å². The van der Waals surface area contributed by atoms with Crippen LogP contribution in [0.4, 0.5) is 15.8 Å². The number of nitrogens with one attached hydrogen (secondary N) is 1. The van der Waals surface area contributed by atoms with Crippen LogP contribution < -0.4 is 5.32 Å². The molecule has 2 rings (SSSR count). The summed E-state index contributed by atoms with van der Waals surface area (Å²) in [6.07, 6.45) is 2.21. The molecule has 1 N–H and O–H groups in total. The van der Waals surface area contributed by atoms with Crippen molar-refractivity contribution in [2.75, 3.05) is 5.32 Å². The maximum absolute atomic E-state index is 13.0. The quantitative estimate of drug-likeness (QED) is 0.694. The lowest BCUT2D eigenvalue weighted by Gasteiger charge is -2.12. The first-order valence-electron chi connectivity index (χ1n) is 5.83. The molecule has 2 aromatic rings. The van der Waals surface area contributed by atoms with Gasteiger partial charge in [-0.15, -0.1) is 0 Å². The van der Waals surface area contributed by atoms with Crippen LogP contribution >= 0.6 is 11.6 Å².